The Balaban J connectivity index is 2.12. The molecular weight excluding hydrogens is 188 g/mol. The number of piperidine rings is 1. The smallest absolute Gasteiger partial charge is 0.220 e. The first kappa shape index (κ1) is 12.2. The molecule has 2 unspecified atom stereocenters. The Hall–Kier alpha value is -0.830. The molecule has 1 aliphatic heterocycles. The number of carbonyl (C=O) groups excluding carboxylic acids is 1. The van der Waals surface area contributed by atoms with Gasteiger partial charge < -0.3 is 10.6 Å². The van der Waals surface area contributed by atoms with Crippen molar-refractivity contribution in [2.24, 2.45) is 0 Å². The van der Waals surface area contributed by atoms with Crippen LogP contribution >= 0.6 is 0 Å². The van der Waals surface area contributed by atoms with Gasteiger partial charge in [-0.25, -0.2) is 0 Å². The van der Waals surface area contributed by atoms with Crippen molar-refractivity contribution in [3.63, 3.8) is 0 Å². The van der Waals surface area contributed by atoms with Crippen LogP contribution in [-0.4, -0.2) is 24.5 Å². The largest absolute Gasteiger partial charge is 0.350 e. The topological polar surface area (TPSA) is 41.1 Å². The van der Waals surface area contributed by atoms with Gasteiger partial charge in [0.1, 0.15) is 0 Å². The number of hydrogen-bond donors (Lipinski definition) is 2. The molecule has 1 rings (SSSR count). The summed E-state index contributed by atoms with van der Waals surface area (Å²) in [6.07, 6.45) is 7.10. The molecule has 1 amide bonds. The Morgan fingerprint density at radius 1 is 1.67 bits per heavy atom. The van der Waals surface area contributed by atoms with Gasteiger partial charge in [0.15, 0.2) is 0 Å². The van der Waals surface area contributed by atoms with Crippen LogP contribution in [0.5, 0.6) is 0 Å². The first-order valence-corrected chi connectivity index (χ1v) is 5.87. The fourth-order valence-corrected chi connectivity index (χ4v) is 1.86. The minimum atomic E-state index is 0.0804. The van der Waals surface area contributed by atoms with Crippen molar-refractivity contribution < 1.29 is 4.79 Å². The summed E-state index contributed by atoms with van der Waals surface area (Å²) in [6.45, 7) is 6.68. The van der Waals surface area contributed by atoms with E-state index < -0.39 is 0 Å². The van der Waals surface area contributed by atoms with Gasteiger partial charge in [-0.2, -0.15) is 0 Å². The normalized spacial score (nSPS) is 23.1. The van der Waals surface area contributed by atoms with Crippen molar-refractivity contribution in [3.05, 3.63) is 12.7 Å². The van der Waals surface area contributed by atoms with Gasteiger partial charge in [-0.3, -0.25) is 4.79 Å². The Morgan fingerprint density at radius 2 is 2.47 bits per heavy atom. The Labute approximate surface area is 92.3 Å². The summed E-state index contributed by atoms with van der Waals surface area (Å²) in [7, 11) is 0. The summed E-state index contributed by atoms with van der Waals surface area (Å²) >= 11 is 0. The molecule has 3 nitrogen and oxygen atoms in total. The van der Waals surface area contributed by atoms with Gasteiger partial charge in [0.05, 0.1) is 0 Å². The highest BCUT2D eigenvalue weighted by Crippen LogP contribution is 2.11. The average Bonchev–Trinajstić information content (AvgIpc) is 2.27. The van der Waals surface area contributed by atoms with Crippen molar-refractivity contribution in [2.75, 3.05) is 6.54 Å². The summed E-state index contributed by atoms with van der Waals surface area (Å²) < 4.78 is 0. The molecule has 0 spiro atoms. The van der Waals surface area contributed by atoms with E-state index in [1.165, 1.54) is 19.3 Å². The van der Waals surface area contributed by atoms with E-state index in [0.717, 1.165) is 13.0 Å². The number of carbonyl (C=O) groups is 1. The monoisotopic (exact) mass is 210 g/mol. The van der Waals surface area contributed by atoms with Gasteiger partial charge in [-0.05, 0) is 32.7 Å². The highest BCUT2D eigenvalue weighted by atomic mass is 16.1. The van der Waals surface area contributed by atoms with Crippen LogP contribution in [-0.2, 0) is 4.79 Å². The fourth-order valence-electron chi connectivity index (χ4n) is 1.86. The number of rotatable bonds is 5. The van der Waals surface area contributed by atoms with E-state index in [9.17, 15) is 4.79 Å². The van der Waals surface area contributed by atoms with Crippen molar-refractivity contribution in [2.45, 2.75) is 51.1 Å². The molecule has 0 aromatic rings. The number of hydrogen-bond acceptors (Lipinski definition) is 2. The first-order chi connectivity index (χ1) is 7.22. The number of nitrogens with one attached hydrogen (secondary N) is 2. The van der Waals surface area contributed by atoms with E-state index >= 15 is 0 Å². The summed E-state index contributed by atoms with van der Waals surface area (Å²) in [4.78, 5) is 11.5. The lowest BCUT2D eigenvalue weighted by Gasteiger charge is -2.23. The third-order valence-corrected chi connectivity index (χ3v) is 2.87. The quantitative estimate of drug-likeness (QED) is 0.677. The Morgan fingerprint density at radius 3 is 3.07 bits per heavy atom. The molecule has 0 saturated carbocycles. The highest BCUT2D eigenvalue weighted by Gasteiger charge is 2.14. The zero-order chi connectivity index (χ0) is 11.1. The highest BCUT2D eigenvalue weighted by molar-refractivity contribution is 5.76. The third kappa shape index (κ3) is 4.98. The molecule has 1 heterocycles. The van der Waals surface area contributed by atoms with E-state index in [0.29, 0.717) is 12.5 Å². The first-order valence-electron chi connectivity index (χ1n) is 5.87. The zero-order valence-corrected chi connectivity index (χ0v) is 9.59. The summed E-state index contributed by atoms with van der Waals surface area (Å²) in [6, 6.07) is 0.625. The van der Waals surface area contributed by atoms with Crippen LogP contribution in [0.4, 0.5) is 0 Å². The van der Waals surface area contributed by atoms with Gasteiger partial charge in [0, 0.05) is 18.5 Å². The predicted octanol–water partition coefficient (Wildman–Crippen LogP) is 1.60. The fraction of sp³-hybridized carbons (Fsp3) is 0.750. The van der Waals surface area contributed by atoms with Gasteiger partial charge in [0.2, 0.25) is 5.91 Å². The Kier molecular flexibility index (Phi) is 5.40. The van der Waals surface area contributed by atoms with Crippen molar-refractivity contribution >= 4 is 5.91 Å². The zero-order valence-electron chi connectivity index (χ0n) is 9.59. The van der Waals surface area contributed by atoms with E-state index in [1.54, 1.807) is 6.08 Å². The summed E-state index contributed by atoms with van der Waals surface area (Å²) in [5.41, 5.74) is 0. The molecular formula is C12H22N2O. The molecule has 2 N–H and O–H groups in total. The summed E-state index contributed by atoms with van der Waals surface area (Å²) in [5.74, 6) is 0.134. The van der Waals surface area contributed by atoms with Crippen LogP contribution in [0.25, 0.3) is 0 Å². The van der Waals surface area contributed by atoms with Gasteiger partial charge in [-0.15, -0.1) is 6.58 Å². The van der Waals surface area contributed by atoms with Crippen LogP contribution in [0.1, 0.15) is 39.0 Å². The second-order valence-electron chi connectivity index (χ2n) is 4.28. The predicted molar refractivity (Wildman–Crippen MR) is 62.7 cm³/mol. The van der Waals surface area contributed by atoms with E-state index in [4.69, 9.17) is 0 Å². The average molecular weight is 210 g/mol. The van der Waals surface area contributed by atoms with Crippen LogP contribution in [0.2, 0.25) is 0 Å². The van der Waals surface area contributed by atoms with Gasteiger partial charge >= 0.3 is 0 Å². The molecule has 0 bridgehead atoms. The molecule has 15 heavy (non-hydrogen) atoms. The Bertz CT molecular complexity index is 210. The van der Waals surface area contributed by atoms with Gasteiger partial charge in [-0.1, -0.05) is 12.5 Å². The number of amides is 1. The molecule has 3 heteroatoms. The molecule has 0 aromatic carbocycles. The summed E-state index contributed by atoms with van der Waals surface area (Å²) in [5, 5.41) is 6.33. The molecule has 0 aliphatic carbocycles. The maximum atomic E-state index is 11.5. The lowest BCUT2D eigenvalue weighted by Crippen LogP contribution is -2.36. The minimum Gasteiger partial charge on any atom is -0.350 e. The van der Waals surface area contributed by atoms with E-state index in [1.807, 2.05) is 6.92 Å². The minimum absolute atomic E-state index is 0.0804. The van der Waals surface area contributed by atoms with Crippen molar-refractivity contribution in [1.29, 1.82) is 0 Å². The lowest BCUT2D eigenvalue weighted by atomic mass is 10.0. The molecule has 2 atom stereocenters. The van der Waals surface area contributed by atoms with Gasteiger partial charge in [0.25, 0.3) is 0 Å². The molecule has 86 valence electrons. The van der Waals surface area contributed by atoms with Crippen LogP contribution in [0, 0.1) is 0 Å². The molecule has 0 aromatic heterocycles. The maximum absolute atomic E-state index is 11.5. The van der Waals surface area contributed by atoms with Crippen LogP contribution in [0.15, 0.2) is 12.7 Å². The second-order valence-corrected chi connectivity index (χ2v) is 4.28. The standard InChI is InChI=1S/C12H22N2O/c1-3-10(2)14-12(15)8-7-11-6-4-5-9-13-11/h3,10-11,13H,1,4-9H2,2H3,(H,14,15). The molecule has 1 saturated heterocycles. The second kappa shape index (κ2) is 6.62. The van der Waals surface area contributed by atoms with Crippen molar-refractivity contribution in [3.8, 4) is 0 Å². The SMILES string of the molecule is C=CC(C)NC(=O)CCC1CCCCN1. The maximum Gasteiger partial charge on any atom is 0.220 e. The van der Waals surface area contributed by atoms with E-state index in [2.05, 4.69) is 17.2 Å². The van der Waals surface area contributed by atoms with Crippen molar-refractivity contribution in [1.82, 2.24) is 10.6 Å². The van der Waals surface area contributed by atoms with Crippen LogP contribution in [0.3, 0.4) is 0 Å². The lowest BCUT2D eigenvalue weighted by molar-refractivity contribution is -0.121. The molecule has 0 radical (unpaired) electrons. The molecule has 1 aliphatic rings. The molecule has 1 fully saturated rings. The third-order valence-electron chi connectivity index (χ3n) is 2.87. The van der Waals surface area contributed by atoms with E-state index in [-0.39, 0.29) is 11.9 Å². The van der Waals surface area contributed by atoms with Crippen LogP contribution < -0.4 is 10.6 Å².